The fraction of sp³-hybridized carbons (Fsp3) is 0.500. The average molecular weight is 338 g/mol. The number of fused-ring (bicyclic) bond motifs is 1. The first-order valence-corrected chi connectivity index (χ1v) is 9.23. The number of methoxy groups -OCH3 is 1. The second-order valence-electron chi connectivity index (χ2n) is 7.45. The van der Waals surface area contributed by atoms with E-state index in [2.05, 4.69) is 47.0 Å². The molecule has 0 amide bonds. The number of rotatable bonds is 5. The summed E-state index contributed by atoms with van der Waals surface area (Å²) in [5.74, 6) is 1.27. The molecule has 5 heteroatoms. The lowest BCUT2D eigenvalue weighted by Gasteiger charge is -2.13. The molecule has 1 saturated carbocycles. The highest BCUT2D eigenvalue weighted by Gasteiger charge is 2.23. The lowest BCUT2D eigenvalue weighted by atomic mass is 10.1. The molecule has 0 aromatic carbocycles. The molecule has 1 aliphatic rings. The van der Waals surface area contributed by atoms with Crippen LogP contribution in [0.3, 0.4) is 0 Å². The quantitative estimate of drug-likeness (QED) is 0.678. The van der Waals surface area contributed by atoms with Crippen LogP contribution in [0, 0.1) is 5.92 Å². The summed E-state index contributed by atoms with van der Waals surface area (Å²) in [5.41, 5.74) is 3.51. The highest BCUT2D eigenvalue weighted by atomic mass is 16.5. The van der Waals surface area contributed by atoms with Gasteiger partial charge in [0.25, 0.3) is 0 Å². The Hall–Kier alpha value is -2.30. The van der Waals surface area contributed by atoms with Gasteiger partial charge in [0.05, 0.1) is 24.2 Å². The molecule has 0 saturated heterocycles. The maximum absolute atomic E-state index is 5.59. The van der Waals surface area contributed by atoms with Crippen LogP contribution in [-0.2, 0) is 6.54 Å². The molecule has 0 bridgehead atoms. The molecule has 3 aromatic heterocycles. The molecule has 4 rings (SSSR count). The van der Waals surface area contributed by atoms with Crippen molar-refractivity contribution in [3.63, 3.8) is 0 Å². The summed E-state index contributed by atoms with van der Waals surface area (Å²) >= 11 is 0. The van der Waals surface area contributed by atoms with Crippen LogP contribution in [0.25, 0.3) is 22.0 Å². The Morgan fingerprint density at radius 1 is 1.24 bits per heavy atom. The van der Waals surface area contributed by atoms with Crippen LogP contribution in [0.2, 0.25) is 0 Å². The first-order chi connectivity index (χ1) is 12.2. The smallest absolute Gasteiger partial charge is 0.223 e. The van der Waals surface area contributed by atoms with Gasteiger partial charge in [-0.25, -0.2) is 4.98 Å². The molecule has 5 nitrogen and oxygen atoms in total. The van der Waals surface area contributed by atoms with Gasteiger partial charge in [-0.1, -0.05) is 26.7 Å². The average Bonchev–Trinajstić information content (AvgIpc) is 3.32. The second-order valence-corrected chi connectivity index (χ2v) is 7.45. The third-order valence-electron chi connectivity index (χ3n) is 5.12. The number of aromatic nitrogens is 4. The number of nitrogens with zero attached hydrogens (tertiary/aromatic N) is 4. The maximum atomic E-state index is 5.59. The topological polar surface area (TPSA) is 44.9 Å². The van der Waals surface area contributed by atoms with Gasteiger partial charge in [0, 0.05) is 42.3 Å². The minimum absolute atomic E-state index is 0.573. The van der Waals surface area contributed by atoms with E-state index >= 15 is 0 Å². The molecule has 0 spiro atoms. The lowest BCUT2D eigenvalue weighted by Crippen LogP contribution is -2.03. The highest BCUT2D eigenvalue weighted by molar-refractivity contribution is 5.99. The predicted octanol–water partition coefficient (Wildman–Crippen LogP) is 4.68. The van der Waals surface area contributed by atoms with Crippen molar-refractivity contribution in [1.82, 2.24) is 19.3 Å². The molecular weight excluding hydrogens is 312 g/mol. The second kappa shape index (κ2) is 6.54. The molecule has 132 valence electrons. The molecule has 1 aliphatic carbocycles. The molecule has 0 aliphatic heterocycles. The van der Waals surface area contributed by atoms with Gasteiger partial charge >= 0.3 is 0 Å². The summed E-state index contributed by atoms with van der Waals surface area (Å²) in [6.07, 6.45) is 13.4. The van der Waals surface area contributed by atoms with Crippen molar-refractivity contribution in [2.45, 2.75) is 52.1 Å². The van der Waals surface area contributed by atoms with E-state index in [9.17, 15) is 0 Å². The fourth-order valence-electron chi connectivity index (χ4n) is 4.01. The van der Waals surface area contributed by atoms with Crippen molar-refractivity contribution in [3.8, 4) is 17.0 Å². The largest absolute Gasteiger partial charge is 0.480 e. The van der Waals surface area contributed by atoms with Gasteiger partial charge in [0.2, 0.25) is 5.88 Å². The van der Waals surface area contributed by atoms with Crippen LogP contribution in [0.5, 0.6) is 5.88 Å². The van der Waals surface area contributed by atoms with Crippen LogP contribution >= 0.6 is 0 Å². The van der Waals surface area contributed by atoms with Crippen molar-refractivity contribution in [2.24, 2.45) is 5.92 Å². The Labute approximate surface area is 148 Å². The summed E-state index contributed by atoms with van der Waals surface area (Å²) in [6, 6.07) is 2.69. The van der Waals surface area contributed by atoms with Gasteiger partial charge in [-0.3, -0.25) is 4.68 Å². The van der Waals surface area contributed by atoms with Crippen molar-refractivity contribution in [2.75, 3.05) is 7.11 Å². The Kier molecular flexibility index (Phi) is 4.24. The van der Waals surface area contributed by atoms with Gasteiger partial charge in [-0.15, -0.1) is 0 Å². The number of hydrogen-bond donors (Lipinski definition) is 0. The zero-order valence-corrected chi connectivity index (χ0v) is 15.3. The summed E-state index contributed by atoms with van der Waals surface area (Å²) in [6.45, 7) is 5.34. The molecule has 3 heterocycles. The van der Waals surface area contributed by atoms with E-state index in [0.29, 0.717) is 17.8 Å². The Morgan fingerprint density at radius 3 is 2.76 bits per heavy atom. The first-order valence-electron chi connectivity index (χ1n) is 9.23. The van der Waals surface area contributed by atoms with Crippen LogP contribution in [0.15, 0.2) is 30.9 Å². The van der Waals surface area contributed by atoms with E-state index < -0.39 is 0 Å². The van der Waals surface area contributed by atoms with E-state index in [4.69, 9.17) is 4.74 Å². The zero-order valence-electron chi connectivity index (χ0n) is 15.3. The molecule has 0 radical (unpaired) electrons. The van der Waals surface area contributed by atoms with E-state index in [1.165, 1.54) is 36.8 Å². The van der Waals surface area contributed by atoms with E-state index in [0.717, 1.165) is 17.5 Å². The number of ether oxygens (including phenoxy) is 1. The van der Waals surface area contributed by atoms with Crippen molar-refractivity contribution in [3.05, 3.63) is 30.9 Å². The van der Waals surface area contributed by atoms with E-state index in [1.807, 2.05) is 17.1 Å². The standard InChI is InChI=1S/C20H26N4O/c1-14(2)11-23-12-15(10-22-23)17-13-24(16-6-4-5-7-16)18-8-9-21-20(25-3)19(17)18/h8-10,12-14,16H,4-7,11H2,1-3H3. The van der Waals surface area contributed by atoms with E-state index in [-0.39, 0.29) is 0 Å². The summed E-state index contributed by atoms with van der Waals surface area (Å²) < 4.78 is 10.0. The minimum atomic E-state index is 0.573. The molecule has 0 N–H and O–H groups in total. The van der Waals surface area contributed by atoms with Gasteiger partial charge in [-0.2, -0.15) is 5.10 Å². The van der Waals surface area contributed by atoms with Crippen LogP contribution in [-0.4, -0.2) is 26.4 Å². The summed E-state index contributed by atoms with van der Waals surface area (Å²) in [5, 5.41) is 5.65. The summed E-state index contributed by atoms with van der Waals surface area (Å²) in [7, 11) is 1.70. The van der Waals surface area contributed by atoms with Gasteiger partial charge in [0.15, 0.2) is 0 Å². The van der Waals surface area contributed by atoms with Crippen LogP contribution in [0.4, 0.5) is 0 Å². The van der Waals surface area contributed by atoms with Crippen molar-refractivity contribution >= 4 is 10.9 Å². The van der Waals surface area contributed by atoms with Crippen LogP contribution < -0.4 is 4.74 Å². The van der Waals surface area contributed by atoms with Gasteiger partial charge < -0.3 is 9.30 Å². The molecule has 3 aromatic rings. The van der Waals surface area contributed by atoms with Gasteiger partial charge in [-0.05, 0) is 24.8 Å². The summed E-state index contributed by atoms with van der Waals surface area (Å²) in [4.78, 5) is 4.44. The maximum Gasteiger partial charge on any atom is 0.223 e. The van der Waals surface area contributed by atoms with Gasteiger partial charge in [0.1, 0.15) is 0 Å². The molecule has 25 heavy (non-hydrogen) atoms. The predicted molar refractivity (Wildman–Crippen MR) is 99.8 cm³/mol. The number of pyridine rings is 1. The molecule has 0 atom stereocenters. The monoisotopic (exact) mass is 338 g/mol. The molecular formula is C20H26N4O. The normalized spacial score (nSPS) is 15.5. The van der Waals surface area contributed by atoms with Crippen molar-refractivity contribution < 1.29 is 4.74 Å². The minimum Gasteiger partial charge on any atom is -0.480 e. The van der Waals surface area contributed by atoms with Crippen LogP contribution in [0.1, 0.15) is 45.6 Å². The van der Waals surface area contributed by atoms with Crippen molar-refractivity contribution in [1.29, 1.82) is 0 Å². The molecule has 1 fully saturated rings. The Morgan fingerprint density at radius 2 is 2.04 bits per heavy atom. The highest BCUT2D eigenvalue weighted by Crippen LogP contribution is 2.40. The fourth-order valence-corrected chi connectivity index (χ4v) is 4.01. The Balaban J connectivity index is 1.86. The third kappa shape index (κ3) is 2.92. The SMILES string of the molecule is COc1nccc2c1c(-c1cnn(CC(C)C)c1)cn2C1CCCC1. The first kappa shape index (κ1) is 16.2. The van der Waals surface area contributed by atoms with E-state index in [1.54, 1.807) is 7.11 Å². The lowest BCUT2D eigenvalue weighted by molar-refractivity contribution is 0.403. The molecule has 0 unspecified atom stereocenters. The third-order valence-corrected chi connectivity index (χ3v) is 5.12. The zero-order chi connectivity index (χ0) is 17.4. The number of hydrogen-bond acceptors (Lipinski definition) is 3. The Bertz CT molecular complexity index is 871.